The zero-order chi connectivity index (χ0) is 22.8. The van der Waals surface area contributed by atoms with Gasteiger partial charge in [0.25, 0.3) is 17.4 Å². The number of nitrogens with zero attached hydrogens (tertiary/aromatic N) is 2. The molecule has 0 radical (unpaired) electrons. The summed E-state index contributed by atoms with van der Waals surface area (Å²) in [5.74, 6) is -2.98. The van der Waals surface area contributed by atoms with Gasteiger partial charge in [-0.05, 0) is 23.8 Å². The Bertz CT molecular complexity index is 1240. The van der Waals surface area contributed by atoms with Gasteiger partial charge < -0.3 is 10.0 Å². The lowest BCUT2D eigenvalue weighted by molar-refractivity contribution is -0.384. The minimum Gasteiger partial charge on any atom is -0.507 e. The molecule has 7 nitrogen and oxygen atoms in total. The molecule has 1 saturated heterocycles. The average molecular weight is 432 g/mol. The number of nitro benzene ring substituents is 1. The minimum absolute atomic E-state index is 0.0292. The highest BCUT2D eigenvalue weighted by atomic mass is 19.1. The molecule has 4 rings (SSSR count). The third-order valence-electron chi connectivity index (χ3n) is 5.29. The van der Waals surface area contributed by atoms with Crippen LogP contribution in [0.5, 0.6) is 0 Å². The van der Waals surface area contributed by atoms with Gasteiger partial charge in [-0.3, -0.25) is 19.7 Å². The number of Topliss-reactive ketones (excluding diaryl/α,β-unsaturated/α-hetero) is 1. The van der Waals surface area contributed by atoms with Gasteiger partial charge in [0.05, 0.1) is 16.5 Å². The molecule has 0 spiro atoms. The molecule has 1 N–H and O–H groups in total. The first-order chi connectivity index (χ1) is 15.4. The first-order valence-corrected chi connectivity index (χ1v) is 9.70. The largest absolute Gasteiger partial charge is 0.507 e. The number of halogens is 1. The summed E-state index contributed by atoms with van der Waals surface area (Å²) in [6, 6.07) is 18.4. The van der Waals surface area contributed by atoms with Gasteiger partial charge in [0, 0.05) is 29.8 Å². The van der Waals surface area contributed by atoms with Crippen LogP contribution in [0.1, 0.15) is 22.7 Å². The van der Waals surface area contributed by atoms with E-state index in [9.17, 15) is 29.2 Å². The highest BCUT2D eigenvalue weighted by Crippen LogP contribution is 2.41. The van der Waals surface area contributed by atoms with E-state index in [4.69, 9.17) is 0 Å². The van der Waals surface area contributed by atoms with Gasteiger partial charge in [-0.1, -0.05) is 48.5 Å². The number of carbonyl (C=O) groups excluding carboxylic acids is 2. The number of hydrogen-bond donors (Lipinski definition) is 1. The van der Waals surface area contributed by atoms with Crippen LogP contribution in [0.2, 0.25) is 0 Å². The predicted octanol–water partition coefficient (Wildman–Crippen LogP) is 4.36. The number of non-ortho nitro benzene ring substituents is 1. The van der Waals surface area contributed by atoms with E-state index in [1.807, 2.05) is 0 Å². The SMILES string of the molecule is O=C1C(=O)N(Cc2ccccc2)[C@H](c2ccccc2F)/C1=C(\O)c1ccc([N+](=O)[O-])cc1. The van der Waals surface area contributed by atoms with Crippen molar-refractivity contribution < 1.29 is 24.0 Å². The van der Waals surface area contributed by atoms with Crippen molar-refractivity contribution in [1.29, 1.82) is 0 Å². The first-order valence-electron chi connectivity index (χ1n) is 9.70. The molecule has 32 heavy (non-hydrogen) atoms. The van der Waals surface area contributed by atoms with E-state index in [-0.39, 0.29) is 28.9 Å². The zero-order valence-electron chi connectivity index (χ0n) is 16.6. The highest BCUT2D eigenvalue weighted by Gasteiger charge is 2.46. The van der Waals surface area contributed by atoms with Crippen LogP contribution in [0.25, 0.3) is 5.76 Å². The molecule has 3 aromatic rings. The smallest absolute Gasteiger partial charge is 0.295 e. The van der Waals surface area contributed by atoms with Crippen molar-refractivity contribution in [1.82, 2.24) is 4.90 Å². The molecule has 0 saturated carbocycles. The fraction of sp³-hybridized carbons (Fsp3) is 0.0833. The predicted molar refractivity (Wildman–Crippen MR) is 114 cm³/mol. The fourth-order valence-electron chi connectivity index (χ4n) is 3.74. The Morgan fingerprint density at radius 2 is 1.59 bits per heavy atom. The number of rotatable bonds is 5. The van der Waals surface area contributed by atoms with Gasteiger partial charge in [0.15, 0.2) is 0 Å². The Balaban J connectivity index is 1.86. The molecule has 1 fully saturated rings. The summed E-state index contributed by atoms with van der Waals surface area (Å²) >= 11 is 0. The number of hydrogen-bond acceptors (Lipinski definition) is 5. The Kier molecular flexibility index (Phi) is 5.51. The van der Waals surface area contributed by atoms with Crippen molar-refractivity contribution in [3.8, 4) is 0 Å². The third kappa shape index (κ3) is 3.74. The Morgan fingerprint density at radius 3 is 2.22 bits per heavy atom. The van der Waals surface area contributed by atoms with Gasteiger partial charge in [0.2, 0.25) is 0 Å². The molecule has 0 unspecified atom stereocenters. The van der Waals surface area contributed by atoms with Crippen LogP contribution < -0.4 is 0 Å². The minimum atomic E-state index is -1.16. The van der Waals surface area contributed by atoms with E-state index in [1.54, 1.807) is 36.4 Å². The molecule has 8 heteroatoms. The van der Waals surface area contributed by atoms with Crippen LogP contribution in [0, 0.1) is 15.9 Å². The number of nitro groups is 1. The quantitative estimate of drug-likeness (QED) is 0.212. The number of benzene rings is 3. The first kappa shape index (κ1) is 20.9. The second-order valence-corrected chi connectivity index (χ2v) is 7.24. The lowest BCUT2D eigenvalue weighted by Gasteiger charge is -2.25. The van der Waals surface area contributed by atoms with Gasteiger partial charge >= 0.3 is 0 Å². The van der Waals surface area contributed by atoms with E-state index in [1.165, 1.54) is 47.4 Å². The number of carbonyl (C=O) groups is 2. The van der Waals surface area contributed by atoms with Crippen molar-refractivity contribution in [2.45, 2.75) is 12.6 Å². The summed E-state index contributed by atoms with van der Waals surface area (Å²) in [6.07, 6.45) is 0. The number of aliphatic hydroxyl groups is 1. The second-order valence-electron chi connectivity index (χ2n) is 7.24. The molecule has 1 amide bonds. The van der Waals surface area contributed by atoms with Gasteiger partial charge in [-0.25, -0.2) is 4.39 Å². The van der Waals surface area contributed by atoms with Crippen LogP contribution in [-0.2, 0) is 16.1 Å². The fourth-order valence-corrected chi connectivity index (χ4v) is 3.74. The second kappa shape index (κ2) is 8.43. The number of amides is 1. The molecule has 0 bridgehead atoms. The molecule has 160 valence electrons. The maximum atomic E-state index is 14.8. The van der Waals surface area contributed by atoms with E-state index < -0.39 is 34.2 Å². The lowest BCUT2D eigenvalue weighted by atomic mass is 9.94. The molecular formula is C24H17FN2O5. The maximum Gasteiger partial charge on any atom is 0.295 e. The van der Waals surface area contributed by atoms with E-state index in [2.05, 4.69) is 0 Å². The summed E-state index contributed by atoms with van der Waals surface area (Å²) in [5.41, 5.74) is 0.424. The monoisotopic (exact) mass is 432 g/mol. The standard InChI is InChI=1S/C24H17FN2O5/c25-19-9-5-4-8-18(19)21-20(22(28)16-10-12-17(13-11-16)27(31)32)23(29)24(30)26(21)14-15-6-2-1-3-7-15/h1-13,21,28H,14H2/b22-20+/t21-/m1/s1. The molecular weight excluding hydrogens is 415 g/mol. The van der Waals surface area contributed by atoms with Gasteiger partial charge in [0.1, 0.15) is 11.6 Å². The van der Waals surface area contributed by atoms with Crippen LogP contribution in [-0.4, -0.2) is 26.6 Å². The molecule has 1 heterocycles. The van der Waals surface area contributed by atoms with Gasteiger partial charge in [-0.15, -0.1) is 0 Å². The average Bonchev–Trinajstić information content (AvgIpc) is 3.04. The van der Waals surface area contributed by atoms with Crippen LogP contribution in [0.3, 0.4) is 0 Å². The molecule has 0 aliphatic carbocycles. The van der Waals surface area contributed by atoms with Crippen molar-refractivity contribution in [2.75, 3.05) is 0 Å². The Morgan fingerprint density at radius 1 is 0.969 bits per heavy atom. The lowest BCUT2D eigenvalue weighted by Crippen LogP contribution is -2.29. The van der Waals surface area contributed by atoms with Gasteiger partial charge in [-0.2, -0.15) is 0 Å². The van der Waals surface area contributed by atoms with Crippen molar-refractivity contribution in [3.05, 3.63) is 117 Å². The van der Waals surface area contributed by atoms with Crippen molar-refractivity contribution >= 4 is 23.1 Å². The number of aliphatic hydroxyl groups excluding tert-OH is 1. The molecule has 3 aromatic carbocycles. The van der Waals surface area contributed by atoms with E-state index in [0.29, 0.717) is 0 Å². The van der Waals surface area contributed by atoms with Crippen molar-refractivity contribution in [2.24, 2.45) is 0 Å². The maximum absolute atomic E-state index is 14.8. The highest BCUT2D eigenvalue weighted by molar-refractivity contribution is 6.46. The summed E-state index contributed by atoms with van der Waals surface area (Å²) in [4.78, 5) is 37.4. The molecule has 1 aliphatic rings. The summed E-state index contributed by atoms with van der Waals surface area (Å²) in [5, 5.41) is 21.8. The Labute approximate surface area is 182 Å². The molecule has 1 aliphatic heterocycles. The number of likely N-dealkylation sites (tertiary alicyclic amines) is 1. The Hall–Kier alpha value is -4.33. The van der Waals surface area contributed by atoms with Crippen LogP contribution >= 0.6 is 0 Å². The normalized spacial score (nSPS) is 17.5. The van der Waals surface area contributed by atoms with Crippen LogP contribution in [0.15, 0.2) is 84.4 Å². The summed E-state index contributed by atoms with van der Waals surface area (Å²) < 4.78 is 14.8. The third-order valence-corrected chi connectivity index (χ3v) is 5.29. The zero-order valence-corrected chi connectivity index (χ0v) is 16.6. The summed E-state index contributed by atoms with van der Waals surface area (Å²) in [7, 11) is 0. The van der Waals surface area contributed by atoms with E-state index >= 15 is 0 Å². The van der Waals surface area contributed by atoms with Crippen molar-refractivity contribution in [3.63, 3.8) is 0 Å². The molecule has 0 aromatic heterocycles. The molecule has 1 atom stereocenters. The van der Waals surface area contributed by atoms with E-state index in [0.717, 1.165) is 5.56 Å². The number of ketones is 1. The van der Waals surface area contributed by atoms with Crippen LogP contribution in [0.4, 0.5) is 10.1 Å². The summed E-state index contributed by atoms with van der Waals surface area (Å²) in [6.45, 7) is 0.0292. The topological polar surface area (TPSA) is 101 Å².